The number of aryl methyl sites for hydroxylation is 2. The van der Waals surface area contributed by atoms with Crippen LogP contribution in [0.4, 0.5) is 0 Å². The van der Waals surface area contributed by atoms with Crippen LogP contribution >= 0.6 is 11.6 Å². The van der Waals surface area contributed by atoms with Crippen molar-refractivity contribution in [2.24, 2.45) is 0 Å². The number of ketones is 1. The number of rotatable bonds is 6. The summed E-state index contributed by atoms with van der Waals surface area (Å²) in [4.78, 5) is 23.7. The Morgan fingerprint density at radius 3 is 2.62 bits per heavy atom. The van der Waals surface area contributed by atoms with E-state index in [1.807, 2.05) is 6.92 Å². The highest BCUT2D eigenvalue weighted by Gasteiger charge is 2.22. The molecule has 3 aromatic rings. The molecular formula is C20H17ClO5. The summed E-state index contributed by atoms with van der Waals surface area (Å²) < 4.78 is 11.0. The van der Waals surface area contributed by atoms with Gasteiger partial charge in [0.1, 0.15) is 17.1 Å². The molecule has 6 heteroatoms. The van der Waals surface area contributed by atoms with Gasteiger partial charge in [0.2, 0.25) is 0 Å². The molecule has 1 heterocycles. The lowest BCUT2D eigenvalue weighted by atomic mass is 9.98. The molecule has 134 valence electrons. The topological polar surface area (TPSA) is 76.7 Å². The molecule has 0 saturated carbocycles. The van der Waals surface area contributed by atoms with Crippen LogP contribution in [0.15, 0.2) is 40.8 Å². The summed E-state index contributed by atoms with van der Waals surface area (Å²) in [6.45, 7) is 3.26. The summed E-state index contributed by atoms with van der Waals surface area (Å²) in [5, 5.41) is 9.98. The summed E-state index contributed by atoms with van der Waals surface area (Å²) in [7, 11) is 0. The summed E-state index contributed by atoms with van der Waals surface area (Å²) in [5.74, 6) is -0.170. The molecule has 0 unspecified atom stereocenters. The van der Waals surface area contributed by atoms with E-state index < -0.39 is 12.6 Å². The highest BCUT2D eigenvalue weighted by atomic mass is 35.5. The number of carboxylic acids is 1. The van der Waals surface area contributed by atoms with E-state index in [-0.39, 0.29) is 5.78 Å². The number of halogens is 1. The van der Waals surface area contributed by atoms with Crippen molar-refractivity contribution in [2.75, 3.05) is 6.61 Å². The van der Waals surface area contributed by atoms with Crippen LogP contribution in [0.1, 0.15) is 34.2 Å². The Balaban J connectivity index is 2.00. The third-order valence-electron chi connectivity index (χ3n) is 4.06. The van der Waals surface area contributed by atoms with Crippen molar-refractivity contribution >= 4 is 34.3 Å². The molecule has 5 nitrogen and oxygen atoms in total. The molecule has 26 heavy (non-hydrogen) atoms. The average molecular weight is 373 g/mol. The summed E-state index contributed by atoms with van der Waals surface area (Å²) in [6, 6.07) is 10.1. The first-order chi connectivity index (χ1) is 12.4. The van der Waals surface area contributed by atoms with Crippen LogP contribution in [-0.2, 0) is 11.2 Å². The highest BCUT2D eigenvalue weighted by molar-refractivity contribution is 6.31. The van der Waals surface area contributed by atoms with Gasteiger partial charge in [-0.15, -0.1) is 0 Å². The zero-order valence-electron chi connectivity index (χ0n) is 14.3. The van der Waals surface area contributed by atoms with E-state index in [0.29, 0.717) is 45.2 Å². The zero-order valence-corrected chi connectivity index (χ0v) is 15.1. The molecule has 0 saturated heterocycles. The van der Waals surface area contributed by atoms with Gasteiger partial charge in [-0.05, 0) is 42.8 Å². The van der Waals surface area contributed by atoms with Crippen LogP contribution in [0.5, 0.6) is 5.75 Å². The number of carbonyl (C=O) groups is 2. The van der Waals surface area contributed by atoms with Crippen molar-refractivity contribution in [3.63, 3.8) is 0 Å². The van der Waals surface area contributed by atoms with Gasteiger partial charge in [-0.1, -0.05) is 18.5 Å². The molecule has 0 spiro atoms. The molecule has 0 aliphatic rings. The average Bonchev–Trinajstić information content (AvgIpc) is 2.97. The molecule has 0 amide bonds. The Morgan fingerprint density at radius 2 is 1.96 bits per heavy atom. The second-order valence-corrected chi connectivity index (χ2v) is 6.32. The standard InChI is InChI=1S/C20H17ClO5/c1-3-15-19(14-6-5-13(21)9-17(14)26-15)20(24)12-4-7-16(11(2)8-12)25-10-18(22)23/h4-9H,3,10H2,1-2H3,(H,22,23). The van der Waals surface area contributed by atoms with Gasteiger partial charge >= 0.3 is 5.97 Å². The molecule has 3 rings (SSSR count). The smallest absolute Gasteiger partial charge is 0.341 e. The molecular weight excluding hydrogens is 356 g/mol. The fourth-order valence-electron chi connectivity index (χ4n) is 2.86. The molecule has 1 aromatic heterocycles. The quantitative estimate of drug-likeness (QED) is 0.637. The first-order valence-electron chi connectivity index (χ1n) is 8.11. The first kappa shape index (κ1) is 18.0. The van der Waals surface area contributed by atoms with Crippen molar-refractivity contribution in [2.45, 2.75) is 20.3 Å². The van der Waals surface area contributed by atoms with Gasteiger partial charge in [-0.25, -0.2) is 4.79 Å². The predicted molar refractivity (Wildman–Crippen MR) is 98.3 cm³/mol. The monoisotopic (exact) mass is 372 g/mol. The van der Waals surface area contributed by atoms with E-state index in [4.69, 9.17) is 25.9 Å². The number of hydrogen-bond acceptors (Lipinski definition) is 4. The van der Waals surface area contributed by atoms with Crippen molar-refractivity contribution in [1.82, 2.24) is 0 Å². The third kappa shape index (κ3) is 3.44. The number of ether oxygens (including phenoxy) is 1. The van der Waals surface area contributed by atoms with Gasteiger partial charge in [0.25, 0.3) is 0 Å². The molecule has 0 radical (unpaired) electrons. The Kier molecular flexibility index (Phi) is 5.00. The van der Waals surface area contributed by atoms with E-state index in [0.717, 1.165) is 5.39 Å². The molecule has 0 bridgehead atoms. The Morgan fingerprint density at radius 1 is 1.19 bits per heavy atom. The fraction of sp³-hybridized carbons (Fsp3) is 0.200. The van der Waals surface area contributed by atoms with Crippen molar-refractivity contribution in [1.29, 1.82) is 0 Å². The van der Waals surface area contributed by atoms with Crippen molar-refractivity contribution < 1.29 is 23.8 Å². The normalized spacial score (nSPS) is 10.9. The largest absolute Gasteiger partial charge is 0.482 e. The number of benzene rings is 2. The van der Waals surface area contributed by atoms with Crippen LogP contribution in [0.3, 0.4) is 0 Å². The summed E-state index contributed by atoms with van der Waals surface area (Å²) >= 11 is 6.01. The molecule has 0 atom stereocenters. The van der Waals surface area contributed by atoms with E-state index in [9.17, 15) is 9.59 Å². The van der Waals surface area contributed by atoms with Crippen LogP contribution in [0.25, 0.3) is 11.0 Å². The van der Waals surface area contributed by atoms with Crippen LogP contribution in [-0.4, -0.2) is 23.5 Å². The minimum atomic E-state index is -1.05. The first-order valence-corrected chi connectivity index (χ1v) is 8.49. The van der Waals surface area contributed by atoms with Gasteiger partial charge in [-0.2, -0.15) is 0 Å². The van der Waals surface area contributed by atoms with E-state index in [2.05, 4.69) is 0 Å². The van der Waals surface area contributed by atoms with Crippen LogP contribution in [0.2, 0.25) is 5.02 Å². The highest BCUT2D eigenvalue weighted by Crippen LogP contribution is 2.31. The summed E-state index contributed by atoms with van der Waals surface area (Å²) in [5.41, 5.74) is 2.28. The van der Waals surface area contributed by atoms with Crippen LogP contribution in [0, 0.1) is 6.92 Å². The SMILES string of the molecule is CCc1oc2cc(Cl)ccc2c1C(=O)c1ccc(OCC(=O)O)c(C)c1. The second-order valence-electron chi connectivity index (χ2n) is 5.89. The van der Waals surface area contributed by atoms with Gasteiger partial charge in [0, 0.05) is 28.5 Å². The Bertz CT molecular complexity index is 1000. The number of carboxylic acid groups (broad SMARTS) is 1. The van der Waals surface area contributed by atoms with Crippen molar-refractivity contribution in [3.8, 4) is 5.75 Å². The zero-order chi connectivity index (χ0) is 18.8. The van der Waals surface area contributed by atoms with E-state index in [1.54, 1.807) is 43.3 Å². The predicted octanol–water partition coefficient (Wildman–Crippen LogP) is 4.65. The van der Waals surface area contributed by atoms with Gasteiger partial charge < -0.3 is 14.3 Å². The maximum Gasteiger partial charge on any atom is 0.341 e. The molecule has 0 fully saturated rings. The molecule has 0 aliphatic heterocycles. The minimum Gasteiger partial charge on any atom is -0.482 e. The molecule has 2 aromatic carbocycles. The fourth-order valence-corrected chi connectivity index (χ4v) is 3.02. The Labute approximate surface area is 155 Å². The van der Waals surface area contributed by atoms with Gasteiger partial charge in [-0.3, -0.25) is 4.79 Å². The number of aliphatic carboxylic acids is 1. The number of fused-ring (bicyclic) bond motifs is 1. The number of furan rings is 1. The molecule has 0 aliphatic carbocycles. The second kappa shape index (κ2) is 7.22. The summed E-state index contributed by atoms with van der Waals surface area (Å²) in [6.07, 6.45) is 0.576. The molecule has 1 N–H and O–H groups in total. The maximum absolute atomic E-state index is 13.1. The number of hydrogen-bond donors (Lipinski definition) is 1. The van der Waals surface area contributed by atoms with Crippen LogP contribution < -0.4 is 4.74 Å². The maximum atomic E-state index is 13.1. The lowest BCUT2D eigenvalue weighted by Crippen LogP contribution is -2.10. The Hall–Kier alpha value is -2.79. The van der Waals surface area contributed by atoms with Gasteiger partial charge in [0.05, 0.1) is 5.56 Å². The van der Waals surface area contributed by atoms with E-state index in [1.165, 1.54) is 0 Å². The third-order valence-corrected chi connectivity index (χ3v) is 4.30. The number of carbonyl (C=O) groups excluding carboxylic acids is 1. The minimum absolute atomic E-state index is 0.157. The lowest BCUT2D eigenvalue weighted by Gasteiger charge is -2.09. The van der Waals surface area contributed by atoms with Crippen molar-refractivity contribution in [3.05, 3.63) is 63.9 Å². The van der Waals surface area contributed by atoms with E-state index >= 15 is 0 Å². The van der Waals surface area contributed by atoms with Gasteiger partial charge in [0.15, 0.2) is 12.4 Å². The lowest BCUT2D eigenvalue weighted by molar-refractivity contribution is -0.139.